The van der Waals surface area contributed by atoms with E-state index in [-0.39, 0.29) is 36.1 Å². The smallest absolute Gasteiger partial charge is 0.435 e. The largest absolute Gasteiger partial charge is 0.573 e. The Kier molecular flexibility index (Phi) is 9.24. The van der Waals surface area contributed by atoms with Gasteiger partial charge in [-0.2, -0.15) is 23.1 Å². The molecule has 5 rings (SSSR count). The average Bonchev–Trinajstić information content (AvgIpc) is 3.39. The fraction of sp³-hybridized carbons (Fsp3) is 0.280. The van der Waals surface area contributed by atoms with Crippen molar-refractivity contribution in [2.24, 2.45) is 0 Å². The second-order valence-electron chi connectivity index (χ2n) is 9.27. The van der Waals surface area contributed by atoms with Gasteiger partial charge in [0.1, 0.15) is 23.4 Å². The van der Waals surface area contributed by atoms with Crippen molar-refractivity contribution in [3.63, 3.8) is 0 Å². The molecule has 1 fully saturated rings. The van der Waals surface area contributed by atoms with Gasteiger partial charge < -0.3 is 19.7 Å². The monoisotopic (exact) mass is 696 g/mol. The van der Waals surface area contributed by atoms with Gasteiger partial charge in [-0.15, -0.1) is 13.2 Å². The maximum atomic E-state index is 14.5. The summed E-state index contributed by atoms with van der Waals surface area (Å²) in [4.78, 5) is 27.1. The molecule has 0 unspecified atom stereocenters. The Morgan fingerprint density at radius 3 is 2.49 bits per heavy atom. The molecular weight excluding hydrogens is 678 g/mol. The number of aromatic nitrogens is 3. The van der Waals surface area contributed by atoms with Gasteiger partial charge in [0.15, 0.2) is 10.8 Å². The minimum absolute atomic E-state index is 0.0415. The molecule has 0 saturated carbocycles. The molecule has 0 aliphatic carbocycles. The molecule has 3 heterocycles. The predicted octanol–water partition coefficient (Wildman–Crippen LogP) is 4.57. The van der Waals surface area contributed by atoms with E-state index in [4.69, 9.17) is 11.6 Å². The number of carbonyl (C=O) groups excluding carboxylic acids is 1. The van der Waals surface area contributed by atoms with E-state index in [1.165, 1.54) is 17.5 Å². The highest BCUT2D eigenvalue weighted by Gasteiger charge is 2.41. The number of halogens is 7. The Labute approximate surface area is 259 Å². The van der Waals surface area contributed by atoms with Crippen LogP contribution in [0.25, 0.3) is 10.3 Å². The highest BCUT2D eigenvalue weighted by Crippen LogP contribution is 2.32. The number of sulfonamides is 1. The fourth-order valence-electron chi connectivity index (χ4n) is 4.38. The minimum Gasteiger partial charge on any atom is -0.435 e. The lowest BCUT2D eigenvalue weighted by Gasteiger charge is -2.39. The Morgan fingerprint density at radius 2 is 1.82 bits per heavy atom. The van der Waals surface area contributed by atoms with E-state index < -0.39 is 63.7 Å². The summed E-state index contributed by atoms with van der Waals surface area (Å²) in [6.07, 6.45) is -3.54. The van der Waals surface area contributed by atoms with Crippen molar-refractivity contribution >= 4 is 54.3 Å². The van der Waals surface area contributed by atoms with Gasteiger partial charge in [0.05, 0.1) is 15.8 Å². The minimum atomic E-state index is -4.99. The van der Waals surface area contributed by atoms with E-state index in [9.17, 15) is 39.6 Å². The van der Waals surface area contributed by atoms with Crippen molar-refractivity contribution in [2.75, 3.05) is 24.5 Å². The van der Waals surface area contributed by atoms with Crippen molar-refractivity contribution < 1.29 is 49.0 Å². The number of ether oxygens (including phenoxy) is 2. The molecular formula is C25H19ClF6N6O5S2. The Hall–Kier alpha value is -3.94. The molecule has 20 heteroatoms. The molecule has 1 amide bonds. The summed E-state index contributed by atoms with van der Waals surface area (Å²) in [6, 6.07) is 4.93. The molecule has 45 heavy (non-hydrogen) atoms. The number of anilines is 1. The first-order valence-electron chi connectivity index (χ1n) is 12.6. The van der Waals surface area contributed by atoms with E-state index in [2.05, 4.69) is 29.7 Å². The summed E-state index contributed by atoms with van der Waals surface area (Å²) in [5.74, 6) is -2.90. The zero-order chi connectivity index (χ0) is 32.5. The lowest BCUT2D eigenvalue weighted by atomic mass is 10.1. The number of hydrogen-bond donors (Lipinski definition) is 1. The molecule has 240 valence electrons. The van der Waals surface area contributed by atoms with Crippen LogP contribution in [0.1, 0.15) is 5.56 Å². The van der Waals surface area contributed by atoms with Crippen molar-refractivity contribution in [3.8, 4) is 11.5 Å². The van der Waals surface area contributed by atoms with Crippen LogP contribution in [0, 0.1) is 5.82 Å². The van der Waals surface area contributed by atoms with Gasteiger partial charge >= 0.3 is 13.0 Å². The van der Waals surface area contributed by atoms with Crippen LogP contribution < -0.4 is 19.7 Å². The summed E-state index contributed by atoms with van der Waals surface area (Å²) in [5.41, 5.74) is 0.177. The number of alkyl halides is 5. The normalized spacial score (nSPS) is 16.3. The maximum Gasteiger partial charge on any atom is 0.573 e. The third-order valence-electron chi connectivity index (χ3n) is 6.38. The van der Waals surface area contributed by atoms with Crippen LogP contribution in [0.2, 0.25) is 5.28 Å². The Morgan fingerprint density at radius 1 is 1.11 bits per heavy atom. The fourth-order valence-corrected chi connectivity index (χ4v) is 6.99. The van der Waals surface area contributed by atoms with Crippen molar-refractivity contribution in [1.29, 1.82) is 0 Å². The molecule has 11 nitrogen and oxygen atoms in total. The quantitative estimate of drug-likeness (QED) is 0.198. The van der Waals surface area contributed by atoms with Crippen molar-refractivity contribution in [3.05, 3.63) is 65.3 Å². The second-order valence-corrected chi connectivity index (χ2v) is 12.5. The lowest BCUT2D eigenvalue weighted by Crippen LogP contribution is -2.60. The number of nitrogens with zero attached hydrogens (tertiary/aromatic N) is 5. The van der Waals surface area contributed by atoms with E-state index in [0.717, 1.165) is 40.7 Å². The van der Waals surface area contributed by atoms with Gasteiger partial charge in [0.25, 0.3) is 0 Å². The van der Waals surface area contributed by atoms with Gasteiger partial charge in [-0.25, -0.2) is 17.8 Å². The first-order chi connectivity index (χ1) is 21.2. The summed E-state index contributed by atoms with van der Waals surface area (Å²) in [5, 5.41) is 2.80. The third kappa shape index (κ3) is 7.66. The van der Waals surface area contributed by atoms with Crippen LogP contribution in [0.3, 0.4) is 0 Å². The molecule has 0 radical (unpaired) electrons. The van der Waals surface area contributed by atoms with Gasteiger partial charge in [-0.3, -0.25) is 4.79 Å². The average molecular weight is 697 g/mol. The van der Waals surface area contributed by atoms with E-state index in [0.29, 0.717) is 15.9 Å². The SMILES string of the molecule is O=C(NCc1ccc(OC(F)F)cc1F)[C@H]1CN(c2nc3nc(Cl)ncc3s2)CCN1S(=O)(=O)c1ccc(OC(F)(F)F)cc1. The number of amides is 1. The molecule has 0 spiro atoms. The number of carbonyl (C=O) groups is 1. The first kappa shape index (κ1) is 32.5. The van der Waals surface area contributed by atoms with E-state index >= 15 is 0 Å². The molecule has 1 saturated heterocycles. The zero-order valence-corrected chi connectivity index (χ0v) is 24.7. The van der Waals surface area contributed by atoms with Crippen LogP contribution in [0.4, 0.5) is 31.5 Å². The summed E-state index contributed by atoms with van der Waals surface area (Å²) >= 11 is 7.01. The molecule has 0 bridgehead atoms. The predicted molar refractivity (Wildman–Crippen MR) is 148 cm³/mol. The van der Waals surface area contributed by atoms with Gasteiger partial charge in [-0.1, -0.05) is 17.4 Å². The molecule has 1 N–H and O–H groups in total. The van der Waals surface area contributed by atoms with Gasteiger partial charge in [-0.05, 0) is 41.9 Å². The molecule has 2 aromatic heterocycles. The number of hydrogen-bond acceptors (Lipinski definition) is 10. The summed E-state index contributed by atoms with van der Waals surface area (Å²) in [6.45, 7) is -4.05. The summed E-state index contributed by atoms with van der Waals surface area (Å²) in [7, 11) is -4.47. The van der Waals surface area contributed by atoms with Crippen LogP contribution in [0.5, 0.6) is 11.5 Å². The van der Waals surface area contributed by atoms with Gasteiger partial charge in [0, 0.05) is 37.8 Å². The molecule has 2 aromatic carbocycles. The number of benzene rings is 2. The molecule has 4 aromatic rings. The van der Waals surface area contributed by atoms with Crippen LogP contribution in [-0.4, -0.2) is 72.2 Å². The van der Waals surface area contributed by atoms with E-state index in [1.807, 2.05) is 0 Å². The molecule has 1 atom stereocenters. The Bertz CT molecular complexity index is 1810. The van der Waals surface area contributed by atoms with E-state index in [1.54, 1.807) is 4.90 Å². The summed E-state index contributed by atoms with van der Waals surface area (Å²) < 4.78 is 114. The molecule has 1 aliphatic rings. The number of rotatable bonds is 9. The number of piperazine rings is 1. The lowest BCUT2D eigenvalue weighted by molar-refractivity contribution is -0.274. The highest BCUT2D eigenvalue weighted by molar-refractivity contribution is 7.89. The van der Waals surface area contributed by atoms with Crippen molar-refractivity contribution in [2.45, 2.75) is 30.5 Å². The maximum absolute atomic E-state index is 14.5. The zero-order valence-electron chi connectivity index (χ0n) is 22.3. The third-order valence-corrected chi connectivity index (χ3v) is 9.53. The standard InChI is InChI=1S/C25H19ClF6N6O5S2/c26-22-34-11-19-20(35-22)36-24(44-19)37-7-8-38(45(40,41)16-5-3-14(4-6-16)43-25(30,31)32)18(12-37)21(39)33-10-13-1-2-15(9-17(13)27)42-23(28)29/h1-6,9,11,18,23H,7-8,10,12H2,(H,33,39)/t18-/m1/s1. The highest BCUT2D eigenvalue weighted by atomic mass is 35.5. The first-order valence-corrected chi connectivity index (χ1v) is 15.3. The second kappa shape index (κ2) is 12.8. The van der Waals surface area contributed by atoms with Crippen molar-refractivity contribution in [1.82, 2.24) is 24.6 Å². The van der Waals surface area contributed by atoms with Crippen LogP contribution in [-0.2, 0) is 21.4 Å². The number of nitrogens with one attached hydrogen (secondary N) is 1. The number of thiazole rings is 1. The van der Waals surface area contributed by atoms with Crippen LogP contribution in [0.15, 0.2) is 53.6 Å². The molecule has 1 aliphatic heterocycles. The number of fused-ring (bicyclic) bond motifs is 1. The van der Waals surface area contributed by atoms with Gasteiger partial charge in [0.2, 0.25) is 21.2 Å². The van der Waals surface area contributed by atoms with Crippen LogP contribution >= 0.6 is 22.9 Å². The topological polar surface area (TPSA) is 127 Å². The Balaban J connectivity index is 1.40.